The summed E-state index contributed by atoms with van der Waals surface area (Å²) in [5.74, 6) is 0.600. The van der Waals surface area contributed by atoms with Gasteiger partial charge in [0.2, 0.25) is 0 Å². The van der Waals surface area contributed by atoms with E-state index in [0.29, 0.717) is 22.9 Å². The van der Waals surface area contributed by atoms with E-state index in [1.165, 1.54) is 12.4 Å². The molecular formula is C19H19FN8. The predicted octanol–water partition coefficient (Wildman–Crippen LogP) is 2.86. The minimum Gasteiger partial charge on any atom is -0.328 e. The molecule has 2 atom stereocenters. The average molecular weight is 378 g/mol. The Hall–Kier alpha value is -3.20. The fourth-order valence-electron chi connectivity index (χ4n) is 3.98. The van der Waals surface area contributed by atoms with Crippen molar-refractivity contribution in [3.8, 4) is 23.0 Å². The first-order valence-corrected chi connectivity index (χ1v) is 9.31. The summed E-state index contributed by atoms with van der Waals surface area (Å²) in [5, 5.41) is 6.80. The van der Waals surface area contributed by atoms with Crippen molar-refractivity contribution in [1.82, 2.24) is 34.7 Å². The molecule has 1 aliphatic rings. The van der Waals surface area contributed by atoms with Crippen LogP contribution in [0, 0.1) is 5.82 Å². The number of nitrogens with zero attached hydrogens (tertiary/aromatic N) is 6. The van der Waals surface area contributed by atoms with Gasteiger partial charge in [-0.1, -0.05) is 0 Å². The molecule has 1 fully saturated rings. The molecular weight excluding hydrogens is 359 g/mol. The van der Waals surface area contributed by atoms with E-state index in [-0.39, 0.29) is 17.8 Å². The summed E-state index contributed by atoms with van der Waals surface area (Å²) in [6, 6.07) is 5.11. The molecule has 0 aliphatic heterocycles. The Morgan fingerprint density at radius 3 is 2.93 bits per heavy atom. The van der Waals surface area contributed by atoms with Crippen molar-refractivity contribution in [3.05, 3.63) is 42.7 Å². The molecule has 8 nitrogen and oxygen atoms in total. The van der Waals surface area contributed by atoms with E-state index in [2.05, 4.69) is 34.7 Å². The number of aromatic nitrogens is 7. The van der Waals surface area contributed by atoms with Crippen LogP contribution in [0.15, 0.2) is 36.9 Å². The molecule has 3 N–H and O–H groups in total. The van der Waals surface area contributed by atoms with Crippen LogP contribution in [0.5, 0.6) is 0 Å². The molecule has 142 valence electrons. The second kappa shape index (κ2) is 6.75. The lowest BCUT2D eigenvalue weighted by molar-refractivity contribution is 0.327. The monoisotopic (exact) mass is 378 g/mol. The molecule has 9 heteroatoms. The van der Waals surface area contributed by atoms with E-state index in [1.54, 1.807) is 18.5 Å². The first-order chi connectivity index (χ1) is 13.7. The van der Waals surface area contributed by atoms with Gasteiger partial charge in [0.1, 0.15) is 23.2 Å². The number of aromatic amines is 1. The second-order valence-corrected chi connectivity index (χ2v) is 7.10. The first-order valence-electron chi connectivity index (χ1n) is 9.31. The fourth-order valence-corrected chi connectivity index (χ4v) is 3.98. The lowest BCUT2D eigenvalue weighted by Crippen LogP contribution is -2.29. The third kappa shape index (κ3) is 2.84. The number of fused-ring (bicyclic) bond motifs is 1. The summed E-state index contributed by atoms with van der Waals surface area (Å²) < 4.78 is 16.6. The summed E-state index contributed by atoms with van der Waals surface area (Å²) in [5.41, 5.74) is 8.64. The fraction of sp³-hybridized carbons (Fsp3) is 0.316. The molecule has 4 heterocycles. The summed E-state index contributed by atoms with van der Waals surface area (Å²) in [4.78, 5) is 17.5. The van der Waals surface area contributed by atoms with Gasteiger partial charge in [0, 0.05) is 18.3 Å². The van der Waals surface area contributed by atoms with E-state index in [0.717, 1.165) is 31.2 Å². The number of nitrogens with one attached hydrogen (secondary N) is 1. The smallest absolute Gasteiger partial charge is 0.199 e. The van der Waals surface area contributed by atoms with Crippen LogP contribution >= 0.6 is 0 Å². The van der Waals surface area contributed by atoms with Gasteiger partial charge in [-0.05, 0) is 43.9 Å². The van der Waals surface area contributed by atoms with Crippen molar-refractivity contribution >= 4 is 11.0 Å². The van der Waals surface area contributed by atoms with E-state index in [1.807, 2.05) is 6.07 Å². The highest BCUT2D eigenvalue weighted by atomic mass is 19.1. The number of rotatable bonds is 3. The third-order valence-electron chi connectivity index (χ3n) is 5.24. The van der Waals surface area contributed by atoms with Gasteiger partial charge in [-0.15, -0.1) is 0 Å². The number of imidazole rings is 1. The topological polar surface area (TPSA) is 111 Å². The van der Waals surface area contributed by atoms with Crippen LogP contribution in [0.4, 0.5) is 4.39 Å². The van der Waals surface area contributed by atoms with Crippen molar-refractivity contribution in [2.45, 2.75) is 37.8 Å². The van der Waals surface area contributed by atoms with Crippen LogP contribution in [-0.2, 0) is 0 Å². The molecule has 0 aromatic carbocycles. The Bertz CT molecular complexity index is 1120. The minimum atomic E-state index is -0.402. The molecule has 0 saturated heterocycles. The molecule has 0 radical (unpaired) electrons. The summed E-state index contributed by atoms with van der Waals surface area (Å²) in [6.07, 6.45) is 8.54. The van der Waals surface area contributed by atoms with Gasteiger partial charge in [0.05, 0.1) is 11.7 Å². The quantitative estimate of drug-likeness (QED) is 0.567. The Balaban J connectivity index is 1.74. The number of hydrogen-bond acceptors (Lipinski definition) is 6. The Morgan fingerprint density at radius 1 is 1.21 bits per heavy atom. The Labute approximate surface area is 160 Å². The number of H-pyrrole nitrogens is 1. The zero-order valence-corrected chi connectivity index (χ0v) is 15.1. The standard InChI is InChI=1S/C19H19FN8/c20-13-5-2-6-22-17(13)19-26-15-9-23-14(18-24-10-25-27-18)8-16(15)28(19)12-4-1-3-11(21)7-12/h2,5-6,8-12H,1,3-4,7,21H2,(H,24,25,27)/t11-,12+/m0/s1. The van der Waals surface area contributed by atoms with E-state index in [9.17, 15) is 4.39 Å². The van der Waals surface area contributed by atoms with E-state index >= 15 is 0 Å². The normalized spacial score (nSPS) is 19.9. The molecule has 0 spiro atoms. The SMILES string of the molecule is N[C@H]1CCC[C@@H](n2c(-c3ncccc3F)nc3cnc(-c4nc[nH]n4)cc32)C1. The lowest BCUT2D eigenvalue weighted by atomic mass is 9.91. The summed E-state index contributed by atoms with van der Waals surface area (Å²) >= 11 is 0. The summed E-state index contributed by atoms with van der Waals surface area (Å²) in [7, 11) is 0. The van der Waals surface area contributed by atoms with Crippen LogP contribution in [0.3, 0.4) is 0 Å². The Kier molecular flexibility index (Phi) is 4.09. The number of halogens is 1. The summed E-state index contributed by atoms with van der Waals surface area (Å²) in [6.45, 7) is 0. The zero-order chi connectivity index (χ0) is 19.1. The average Bonchev–Trinajstić information content (AvgIpc) is 3.36. The van der Waals surface area contributed by atoms with Gasteiger partial charge < -0.3 is 10.3 Å². The maximum atomic E-state index is 14.5. The molecule has 5 rings (SSSR count). The van der Waals surface area contributed by atoms with Crippen LogP contribution in [0.2, 0.25) is 0 Å². The van der Waals surface area contributed by atoms with Gasteiger partial charge in [-0.25, -0.2) is 19.3 Å². The van der Waals surface area contributed by atoms with Crippen LogP contribution in [0.1, 0.15) is 31.7 Å². The van der Waals surface area contributed by atoms with Gasteiger partial charge >= 0.3 is 0 Å². The van der Waals surface area contributed by atoms with Crippen molar-refractivity contribution in [3.63, 3.8) is 0 Å². The van der Waals surface area contributed by atoms with Gasteiger partial charge in [-0.3, -0.25) is 10.1 Å². The maximum absolute atomic E-state index is 14.5. The van der Waals surface area contributed by atoms with Crippen LogP contribution in [0.25, 0.3) is 34.1 Å². The molecule has 4 aromatic heterocycles. The van der Waals surface area contributed by atoms with Gasteiger partial charge in [0.15, 0.2) is 17.5 Å². The molecule has 0 amide bonds. The third-order valence-corrected chi connectivity index (χ3v) is 5.24. The lowest BCUT2D eigenvalue weighted by Gasteiger charge is -2.29. The van der Waals surface area contributed by atoms with Crippen molar-refractivity contribution in [1.29, 1.82) is 0 Å². The van der Waals surface area contributed by atoms with E-state index < -0.39 is 5.82 Å². The number of pyridine rings is 2. The largest absolute Gasteiger partial charge is 0.328 e. The highest BCUT2D eigenvalue weighted by Gasteiger charge is 2.27. The minimum absolute atomic E-state index is 0.118. The number of nitrogens with two attached hydrogens (primary N) is 1. The predicted molar refractivity (Wildman–Crippen MR) is 102 cm³/mol. The first kappa shape index (κ1) is 16.9. The Morgan fingerprint density at radius 2 is 2.14 bits per heavy atom. The number of hydrogen-bond donors (Lipinski definition) is 2. The highest BCUT2D eigenvalue weighted by Crippen LogP contribution is 2.36. The maximum Gasteiger partial charge on any atom is 0.199 e. The van der Waals surface area contributed by atoms with Gasteiger partial charge in [0.25, 0.3) is 0 Å². The van der Waals surface area contributed by atoms with Crippen molar-refractivity contribution < 1.29 is 4.39 Å². The van der Waals surface area contributed by atoms with Crippen molar-refractivity contribution in [2.75, 3.05) is 0 Å². The molecule has 4 aromatic rings. The molecule has 0 unspecified atom stereocenters. The van der Waals surface area contributed by atoms with E-state index in [4.69, 9.17) is 5.73 Å². The van der Waals surface area contributed by atoms with Crippen molar-refractivity contribution in [2.24, 2.45) is 5.73 Å². The molecule has 0 bridgehead atoms. The van der Waals surface area contributed by atoms with Crippen LogP contribution in [-0.4, -0.2) is 40.7 Å². The highest BCUT2D eigenvalue weighted by molar-refractivity contribution is 5.82. The molecule has 1 aliphatic carbocycles. The molecule has 28 heavy (non-hydrogen) atoms. The zero-order valence-electron chi connectivity index (χ0n) is 15.1. The second-order valence-electron chi connectivity index (χ2n) is 7.10. The van der Waals surface area contributed by atoms with Gasteiger partial charge in [-0.2, -0.15) is 5.10 Å². The van der Waals surface area contributed by atoms with Crippen LogP contribution < -0.4 is 5.73 Å². The molecule has 1 saturated carbocycles.